The van der Waals surface area contributed by atoms with Crippen molar-refractivity contribution in [3.63, 3.8) is 0 Å². The second kappa shape index (κ2) is 8.97. The molecule has 0 unspecified atom stereocenters. The minimum Gasteiger partial charge on any atom is -0.494 e. The second-order valence-electron chi connectivity index (χ2n) is 6.46. The van der Waals surface area contributed by atoms with E-state index in [1.807, 2.05) is 63.2 Å². The highest BCUT2D eigenvalue weighted by atomic mass is 32.2. The molecule has 1 heterocycles. The molecule has 0 N–H and O–H groups in total. The van der Waals surface area contributed by atoms with Crippen LogP contribution in [0.25, 0.3) is 6.08 Å². The molecule has 0 spiro atoms. The summed E-state index contributed by atoms with van der Waals surface area (Å²) in [5, 5.41) is -0.276. The number of imide groups is 1. The monoisotopic (exact) mass is 397 g/mol. The van der Waals surface area contributed by atoms with Crippen molar-refractivity contribution in [3.8, 4) is 11.5 Å². The van der Waals surface area contributed by atoms with E-state index >= 15 is 0 Å². The zero-order valence-electron chi connectivity index (χ0n) is 16.2. The Balaban J connectivity index is 1.64. The summed E-state index contributed by atoms with van der Waals surface area (Å²) in [4.78, 5) is 26.5. The van der Waals surface area contributed by atoms with Gasteiger partial charge in [-0.15, -0.1) is 0 Å². The van der Waals surface area contributed by atoms with Crippen LogP contribution in [0, 0.1) is 13.8 Å². The van der Waals surface area contributed by atoms with Gasteiger partial charge >= 0.3 is 0 Å². The first-order valence-electron chi connectivity index (χ1n) is 9.16. The number of hydrogen-bond donors (Lipinski definition) is 0. The quantitative estimate of drug-likeness (QED) is 0.627. The first-order valence-corrected chi connectivity index (χ1v) is 9.98. The SMILES string of the molecule is CCOc1cccc(/C=C2\SC(=O)N(CCOc3cc(C)ccc3C)C2=O)c1. The summed E-state index contributed by atoms with van der Waals surface area (Å²) >= 11 is 0.950. The van der Waals surface area contributed by atoms with Gasteiger partial charge in [0.25, 0.3) is 11.1 Å². The molecule has 3 rings (SSSR count). The standard InChI is InChI=1S/C22H23NO4S/c1-4-26-18-7-5-6-17(13-18)14-20-21(24)23(22(25)28-20)10-11-27-19-12-15(2)8-9-16(19)3/h5-9,12-14H,4,10-11H2,1-3H3/b20-14-. The smallest absolute Gasteiger partial charge is 0.293 e. The summed E-state index contributed by atoms with van der Waals surface area (Å²) in [6.45, 7) is 6.92. The van der Waals surface area contributed by atoms with Gasteiger partial charge in [-0.1, -0.05) is 24.3 Å². The molecule has 1 aliphatic rings. The van der Waals surface area contributed by atoms with Crippen molar-refractivity contribution in [2.75, 3.05) is 19.8 Å². The Kier molecular flexibility index (Phi) is 6.41. The maximum Gasteiger partial charge on any atom is 0.293 e. The highest BCUT2D eigenvalue weighted by Gasteiger charge is 2.34. The average Bonchev–Trinajstić information content (AvgIpc) is 2.92. The summed E-state index contributed by atoms with van der Waals surface area (Å²) in [6.07, 6.45) is 1.72. The van der Waals surface area contributed by atoms with Crippen LogP contribution in [0.15, 0.2) is 47.4 Å². The van der Waals surface area contributed by atoms with E-state index in [9.17, 15) is 9.59 Å². The van der Waals surface area contributed by atoms with E-state index in [1.54, 1.807) is 6.08 Å². The van der Waals surface area contributed by atoms with Crippen molar-refractivity contribution in [1.82, 2.24) is 4.90 Å². The predicted octanol–water partition coefficient (Wildman–Crippen LogP) is 4.82. The Morgan fingerprint density at radius 3 is 2.68 bits per heavy atom. The number of benzene rings is 2. The van der Waals surface area contributed by atoms with Crippen LogP contribution in [0.4, 0.5) is 4.79 Å². The molecular formula is C22H23NO4S. The number of aryl methyl sites for hydroxylation is 2. The lowest BCUT2D eigenvalue weighted by atomic mass is 10.1. The van der Waals surface area contributed by atoms with E-state index in [2.05, 4.69) is 0 Å². The van der Waals surface area contributed by atoms with Crippen LogP contribution >= 0.6 is 11.8 Å². The van der Waals surface area contributed by atoms with Crippen LogP contribution in [0.2, 0.25) is 0 Å². The number of nitrogens with zero attached hydrogens (tertiary/aromatic N) is 1. The van der Waals surface area contributed by atoms with Gasteiger partial charge in [-0.05, 0) is 73.5 Å². The fourth-order valence-corrected chi connectivity index (χ4v) is 3.68. The normalized spacial score (nSPS) is 15.4. The average molecular weight is 397 g/mol. The molecule has 0 radical (unpaired) electrons. The van der Waals surface area contributed by atoms with Gasteiger partial charge < -0.3 is 9.47 Å². The van der Waals surface area contributed by atoms with Gasteiger partial charge in [0.15, 0.2) is 0 Å². The van der Waals surface area contributed by atoms with Crippen molar-refractivity contribution in [2.45, 2.75) is 20.8 Å². The summed E-state index contributed by atoms with van der Waals surface area (Å²) in [5.74, 6) is 1.22. The van der Waals surface area contributed by atoms with Crippen LogP contribution in [0.5, 0.6) is 11.5 Å². The van der Waals surface area contributed by atoms with Gasteiger partial charge in [-0.2, -0.15) is 0 Å². The molecule has 5 nitrogen and oxygen atoms in total. The molecular weight excluding hydrogens is 374 g/mol. The molecule has 0 bridgehead atoms. The van der Waals surface area contributed by atoms with Crippen molar-refractivity contribution in [2.24, 2.45) is 0 Å². The van der Waals surface area contributed by atoms with E-state index in [1.165, 1.54) is 4.90 Å². The van der Waals surface area contributed by atoms with Crippen LogP contribution in [0.3, 0.4) is 0 Å². The van der Waals surface area contributed by atoms with Crippen molar-refractivity contribution in [1.29, 1.82) is 0 Å². The van der Waals surface area contributed by atoms with E-state index < -0.39 is 0 Å². The zero-order chi connectivity index (χ0) is 20.1. The lowest BCUT2D eigenvalue weighted by Gasteiger charge is -2.14. The molecule has 0 atom stereocenters. The molecule has 0 saturated carbocycles. The number of rotatable bonds is 7. The van der Waals surface area contributed by atoms with E-state index in [0.717, 1.165) is 40.0 Å². The Bertz CT molecular complexity index is 923. The third-order valence-corrected chi connectivity index (χ3v) is 5.16. The van der Waals surface area contributed by atoms with Crippen LogP contribution in [-0.4, -0.2) is 35.8 Å². The minimum atomic E-state index is -0.290. The molecule has 2 aromatic carbocycles. The molecule has 146 valence electrons. The van der Waals surface area contributed by atoms with Gasteiger partial charge in [-0.3, -0.25) is 14.5 Å². The maximum absolute atomic E-state index is 12.6. The molecule has 28 heavy (non-hydrogen) atoms. The van der Waals surface area contributed by atoms with Crippen molar-refractivity contribution >= 4 is 29.0 Å². The third kappa shape index (κ3) is 4.75. The topological polar surface area (TPSA) is 55.8 Å². The molecule has 2 aromatic rings. The van der Waals surface area contributed by atoms with Crippen molar-refractivity contribution in [3.05, 3.63) is 64.1 Å². The molecule has 0 aromatic heterocycles. The van der Waals surface area contributed by atoms with Crippen LogP contribution in [0.1, 0.15) is 23.6 Å². The van der Waals surface area contributed by atoms with E-state index in [0.29, 0.717) is 11.5 Å². The molecule has 2 amide bonds. The fourth-order valence-electron chi connectivity index (χ4n) is 2.81. The van der Waals surface area contributed by atoms with Crippen molar-refractivity contribution < 1.29 is 19.1 Å². The van der Waals surface area contributed by atoms with Gasteiger partial charge in [0, 0.05) is 0 Å². The van der Waals surface area contributed by atoms with Crippen LogP contribution < -0.4 is 9.47 Å². The molecule has 6 heteroatoms. The first-order chi connectivity index (χ1) is 13.5. The largest absolute Gasteiger partial charge is 0.494 e. The molecule has 1 aliphatic heterocycles. The third-order valence-electron chi connectivity index (χ3n) is 4.26. The minimum absolute atomic E-state index is 0.217. The fraction of sp³-hybridized carbons (Fsp3) is 0.273. The first kappa shape index (κ1) is 20.0. The number of amides is 2. The molecule has 0 aliphatic carbocycles. The van der Waals surface area contributed by atoms with Gasteiger partial charge in [0.05, 0.1) is 18.1 Å². The van der Waals surface area contributed by atoms with Gasteiger partial charge in [0.2, 0.25) is 0 Å². The van der Waals surface area contributed by atoms with E-state index in [4.69, 9.17) is 9.47 Å². The number of carbonyl (C=O) groups excluding carboxylic acids is 2. The Labute approximate surface area is 169 Å². The lowest BCUT2D eigenvalue weighted by molar-refractivity contribution is -0.123. The van der Waals surface area contributed by atoms with Crippen LogP contribution in [-0.2, 0) is 4.79 Å². The zero-order valence-corrected chi connectivity index (χ0v) is 17.0. The highest BCUT2D eigenvalue weighted by molar-refractivity contribution is 8.18. The Morgan fingerprint density at radius 1 is 1.07 bits per heavy atom. The number of thioether (sulfide) groups is 1. The van der Waals surface area contributed by atoms with Gasteiger partial charge in [0.1, 0.15) is 18.1 Å². The Hall–Kier alpha value is -2.73. The Morgan fingerprint density at radius 2 is 1.89 bits per heavy atom. The second-order valence-corrected chi connectivity index (χ2v) is 7.45. The number of hydrogen-bond acceptors (Lipinski definition) is 5. The number of ether oxygens (including phenoxy) is 2. The predicted molar refractivity (Wildman–Crippen MR) is 112 cm³/mol. The molecule has 1 fully saturated rings. The molecule has 1 saturated heterocycles. The van der Waals surface area contributed by atoms with Gasteiger partial charge in [-0.25, -0.2) is 0 Å². The highest BCUT2D eigenvalue weighted by Crippen LogP contribution is 2.32. The number of carbonyl (C=O) groups is 2. The summed E-state index contributed by atoms with van der Waals surface area (Å²) in [5.41, 5.74) is 2.95. The summed E-state index contributed by atoms with van der Waals surface area (Å²) in [6, 6.07) is 13.4. The maximum atomic E-state index is 12.6. The lowest BCUT2D eigenvalue weighted by Crippen LogP contribution is -2.32. The summed E-state index contributed by atoms with van der Waals surface area (Å²) in [7, 11) is 0. The van der Waals surface area contributed by atoms with E-state index in [-0.39, 0.29) is 24.3 Å². The summed E-state index contributed by atoms with van der Waals surface area (Å²) < 4.78 is 11.3.